The molecular formula is C16H24N3W. The van der Waals surface area contributed by atoms with Crippen molar-refractivity contribution in [3.05, 3.63) is 20.7 Å². The normalized spacial score (nSPS) is 14.1. The quantitative estimate of drug-likeness (QED) is 0.543. The average Bonchev–Trinajstić information content (AvgIpc) is 2.48. The number of rotatable bonds is 0. The molecule has 0 N–H and O–H groups in total. The molecule has 1 aliphatic rings. The van der Waals surface area contributed by atoms with Gasteiger partial charge >= 0.3 is 80.5 Å². The Morgan fingerprint density at radius 2 is 1.05 bits per heavy atom. The van der Waals surface area contributed by atoms with Crippen LogP contribution in [0.5, 0.6) is 0 Å². The van der Waals surface area contributed by atoms with E-state index in [0.29, 0.717) is 5.41 Å². The average molecular weight is 442 g/mol. The zero-order valence-corrected chi connectivity index (χ0v) is 16.7. The van der Waals surface area contributed by atoms with Crippen LogP contribution in [0.15, 0.2) is 20.7 Å². The fourth-order valence-electron chi connectivity index (χ4n) is 1.56. The van der Waals surface area contributed by atoms with E-state index >= 15 is 0 Å². The summed E-state index contributed by atoms with van der Waals surface area (Å²) < 4.78 is 1.62. The number of nitriles is 3. The summed E-state index contributed by atoms with van der Waals surface area (Å²) in [6, 6.07) is 5.25. The van der Waals surface area contributed by atoms with Gasteiger partial charge in [0.1, 0.15) is 0 Å². The van der Waals surface area contributed by atoms with Crippen molar-refractivity contribution in [2.24, 2.45) is 5.41 Å². The van der Waals surface area contributed by atoms with Crippen LogP contribution in [0.1, 0.15) is 55.4 Å². The third-order valence-corrected chi connectivity index (χ3v) is 5.90. The van der Waals surface area contributed by atoms with Crippen molar-refractivity contribution in [3.8, 4) is 18.2 Å². The molecule has 0 aromatic carbocycles. The van der Waals surface area contributed by atoms with Crippen molar-refractivity contribution in [2.75, 3.05) is 0 Å². The van der Waals surface area contributed by atoms with Crippen LogP contribution in [0.25, 0.3) is 0 Å². The second-order valence-corrected chi connectivity index (χ2v) is 5.97. The van der Waals surface area contributed by atoms with Crippen molar-refractivity contribution in [1.29, 1.82) is 15.8 Å². The van der Waals surface area contributed by atoms with Gasteiger partial charge in [-0.1, -0.05) is 0 Å². The van der Waals surface area contributed by atoms with Gasteiger partial charge < -0.3 is 0 Å². The number of nitrogens with zero attached hydrogens (tertiary/aromatic N) is 3. The van der Waals surface area contributed by atoms with E-state index in [1.165, 1.54) is 31.9 Å². The van der Waals surface area contributed by atoms with Crippen LogP contribution in [0.4, 0.5) is 0 Å². The van der Waals surface area contributed by atoms with Gasteiger partial charge in [0, 0.05) is 20.8 Å². The van der Waals surface area contributed by atoms with Crippen LogP contribution in [-0.4, -0.2) is 0 Å². The van der Waals surface area contributed by atoms with Gasteiger partial charge in [-0.3, -0.25) is 0 Å². The van der Waals surface area contributed by atoms with Gasteiger partial charge in [-0.15, -0.1) is 0 Å². The SMILES string of the molecule is CC#N.CC#N.CC#N.CC1=C(C)C(C)(C)[C]([W])=C1C. The zero-order chi connectivity index (χ0) is 16.9. The monoisotopic (exact) mass is 442 g/mol. The second-order valence-electron chi connectivity index (χ2n) is 4.50. The summed E-state index contributed by atoms with van der Waals surface area (Å²) in [4.78, 5) is 0. The Bertz CT molecular complexity index is 423. The summed E-state index contributed by atoms with van der Waals surface area (Å²) in [5, 5.41) is 22.0. The topological polar surface area (TPSA) is 71.4 Å². The third kappa shape index (κ3) is 7.94. The Kier molecular flexibility index (Phi) is 15.0. The molecule has 0 heterocycles. The molecule has 0 saturated heterocycles. The fourth-order valence-corrected chi connectivity index (χ4v) is 2.66. The molecule has 1 rings (SSSR count). The first-order chi connectivity index (χ1) is 9.13. The first-order valence-electron chi connectivity index (χ1n) is 6.12. The molecule has 0 saturated carbocycles. The molecule has 0 aromatic heterocycles. The Balaban J connectivity index is -0.000000268. The van der Waals surface area contributed by atoms with Gasteiger partial charge in [-0.05, 0) is 0 Å². The van der Waals surface area contributed by atoms with Crippen LogP contribution in [-0.2, 0) is 19.8 Å². The minimum atomic E-state index is 0.351. The van der Waals surface area contributed by atoms with Crippen molar-refractivity contribution < 1.29 is 19.8 Å². The Labute approximate surface area is 135 Å². The van der Waals surface area contributed by atoms with Crippen molar-refractivity contribution >= 4 is 0 Å². The van der Waals surface area contributed by atoms with E-state index in [-0.39, 0.29) is 0 Å². The van der Waals surface area contributed by atoms with E-state index in [0.717, 1.165) is 0 Å². The molecule has 4 heteroatoms. The standard InChI is InChI=1S/C10H15.3C2H3N.W/c1-7-6-10(4,5)9(3)8(7)2;3*1-2-3;/h1-5H3;3*1H3;. The molecule has 0 amide bonds. The third-order valence-electron chi connectivity index (χ3n) is 2.97. The van der Waals surface area contributed by atoms with Crippen LogP contribution in [0.2, 0.25) is 0 Å². The van der Waals surface area contributed by atoms with Crippen molar-refractivity contribution in [2.45, 2.75) is 55.4 Å². The number of hydrogen-bond donors (Lipinski definition) is 0. The summed E-state index contributed by atoms with van der Waals surface area (Å²) in [6.07, 6.45) is 0. The van der Waals surface area contributed by atoms with Crippen molar-refractivity contribution in [1.82, 2.24) is 0 Å². The van der Waals surface area contributed by atoms with Crippen LogP contribution in [0.3, 0.4) is 0 Å². The molecule has 0 unspecified atom stereocenters. The zero-order valence-electron chi connectivity index (χ0n) is 13.7. The molecule has 1 aliphatic carbocycles. The summed E-state index contributed by atoms with van der Waals surface area (Å²) in [7, 11) is 0. The molecule has 0 bridgehead atoms. The van der Waals surface area contributed by atoms with E-state index in [1.54, 1.807) is 47.6 Å². The fraction of sp³-hybridized carbons (Fsp3) is 0.562. The molecule has 0 aromatic rings. The molecule has 0 fully saturated rings. The molecule has 3 nitrogen and oxygen atoms in total. The molecule has 0 spiro atoms. The van der Waals surface area contributed by atoms with Gasteiger partial charge in [-0.2, -0.15) is 15.8 Å². The maximum atomic E-state index is 7.32. The van der Waals surface area contributed by atoms with Crippen LogP contribution < -0.4 is 0 Å². The number of hydrogen-bond acceptors (Lipinski definition) is 3. The predicted octanol–water partition coefficient (Wildman–Crippen LogP) is 4.77. The summed E-state index contributed by atoms with van der Waals surface area (Å²) in [6.45, 7) is 15.7. The molecule has 0 atom stereocenters. The minimum absolute atomic E-state index is 0.351. The van der Waals surface area contributed by atoms with Crippen LogP contribution in [0, 0.1) is 39.4 Å². The van der Waals surface area contributed by atoms with Gasteiger partial charge in [-0.25, -0.2) is 0 Å². The summed E-state index contributed by atoms with van der Waals surface area (Å²) >= 11 is 1.62. The van der Waals surface area contributed by atoms with E-state index in [9.17, 15) is 0 Å². The van der Waals surface area contributed by atoms with Crippen molar-refractivity contribution in [3.63, 3.8) is 0 Å². The van der Waals surface area contributed by atoms with Crippen LogP contribution >= 0.6 is 0 Å². The van der Waals surface area contributed by atoms with E-state index in [2.05, 4.69) is 34.6 Å². The maximum absolute atomic E-state index is 7.32. The Morgan fingerprint density at radius 1 is 0.800 bits per heavy atom. The molecule has 20 heavy (non-hydrogen) atoms. The molecule has 0 aliphatic heterocycles. The van der Waals surface area contributed by atoms with Gasteiger partial charge in [0.15, 0.2) is 0 Å². The predicted molar refractivity (Wildman–Crippen MR) is 78.7 cm³/mol. The van der Waals surface area contributed by atoms with E-state index in [1.807, 2.05) is 0 Å². The number of allylic oxidation sites excluding steroid dienone is 4. The molecule has 109 valence electrons. The summed E-state index contributed by atoms with van der Waals surface area (Å²) in [5.41, 5.74) is 4.95. The Morgan fingerprint density at radius 3 is 1.10 bits per heavy atom. The Hall–Kier alpha value is -1.36. The van der Waals surface area contributed by atoms with Gasteiger partial charge in [0.2, 0.25) is 0 Å². The van der Waals surface area contributed by atoms with E-state index in [4.69, 9.17) is 15.8 Å². The van der Waals surface area contributed by atoms with Gasteiger partial charge in [0.25, 0.3) is 0 Å². The second kappa shape index (κ2) is 12.7. The first-order valence-corrected chi connectivity index (χ1v) is 7.59. The molecular weight excluding hydrogens is 418 g/mol. The first kappa shape index (κ1) is 23.7. The molecule has 0 radical (unpaired) electrons. The van der Waals surface area contributed by atoms with E-state index < -0.39 is 0 Å². The van der Waals surface area contributed by atoms with Gasteiger partial charge in [0.05, 0.1) is 18.2 Å². The summed E-state index contributed by atoms with van der Waals surface area (Å²) in [5.74, 6) is 0.